The smallest absolute Gasteiger partial charge is 0.265 e. The van der Waals surface area contributed by atoms with Crippen molar-refractivity contribution >= 4 is 23.2 Å². The summed E-state index contributed by atoms with van der Waals surface area (Å²) in [5.41, 5.74) is 4.55. The molecule has 7 heteroatoms. The van der Waals surface area contributed by atoms with Crippen LogP contribution in [-0.2, 0) is 16.8 Å². The molecule has 0 aliphatic carbocycles. The van der Waals surface area contributed by atoms with Crippen molar-refractivity contribution in [2.24, 2.45) is 0 Å². The number of amides is 2. The van der Waals surface area contributed by atoms with Gasteiger partial charge < -0.3 is 24.2 Å². The van der Waals surface area contributed by atoms with E-state index in [4.69, 9.17) is 9.47 Å². The summed E-state index contributed by atoms with van der Waals surface area (Å²) in [6, 6.07) is 21.7. The van der Waals surface area contributed by atoms with Gasteiger partial charge in [0.25, 0.3) is 11.8 Å². The van der Waals surface area contributed by atoms with E-state index >= 15 is 0 Å². The van der Waals surface area contributed by atoms with E-state index in [0.29, 0.717) is 30.9 Å². The number of nitrogens with zero attached hydrogens (tertiary/aromatic N) is 3. The van der Waals surface area contributed by atoms with Gasteiger partial charge in [-0.1, -0.05) is 39.0 Å². The van der Waals surface area contributed by atoms with E-state index in [0.717, 1.165) is 41.3 Å². The Kier molecular flexibility index (Phi) is 7.02. The molecule has 0 spiro atoms. The van der Waals surface area contributed by atoms with Gasteiger partial charge in [0.1, 0.15) is 11.5 Å². The van der Waals surface area contributed by atoms with Gasteiger partial charge in [-0.15, -0.1) is 0 Å². The number of anilines is 2. The zero-order valence-electron chi connectivity index (χ0n) is 22.6. The molecule has 2 aliphatic heterocycles. The molecule has 0 aromatic heterocycles. The number of hydrogen-bond donors (Lipinski definition) is 0. The maximum Gasteiger partial charge on any atom is 0.265 e. The van der Waals surface area contributed by atoms with Crippen molar-refractivity contribution in [2.75, 3.05) is 49.7 Å². The van der Waals surface area contributed by atoms with Crippen LogP contribution in [0, 0.1) is 0 Å². The summed E-state index contributed by atoms with van der Waals surface area (Å²) in [5.74, 6) is 1.47. The molecule has 7 nitrogen and oxygen atoms in total. The molecule has 198 valence electrons. The van der Waals surface area contributed by atoms with Crippen molar-refractivity contribution in [3.8, 4) is 11.5 Å². The van der Waals surface area contributed by atoms with Crippen molar-refractivity contribution in [2.45, 2.75) is 32.7 Å². The zero-order valence-corrected chi connectivity index (χ0v) is 22.6. The summed E-state index contributed by atoms with van der Waals surface area (Å²) in [6.45, 7) is 9.69. The summed E-state index contributed by atoms with van der Waals surface area (Å²) < 4.78 is 11.0. The van der Waals surface area contributed by atoms with Crippen molar-refractivity contribution in [3.63, 3.8) is 0 Å². The average Bonchev–Trinajstić information content (AvgIpc) is 2.94. The number of hydrogen-bond acceptors (Lipinski definition) is 5. The number of piperazine rings is 1. The summed E-state index contributed by atoms with van der Waals surface area (Å²) in [5, 5.41) is 0. The topological polar surface area (TPSA) is 62.3 Å². The fourth-order valence-electron chi connectivity index (χ4n) is 4.97. The highest BCUT2D eigenvalue weighted by atomic mass is 16.5. The quantitative estimate of drug-likeness (QED) is 0.487. The Hall–Kier alpha value is -4.00. The molecular weight excluding hydrogens is 478 g/mol. The van der Waals surface area contributed by atoms with Gasteiger partial charge in [0.05, 0.1) is 19.3 Å². The first-order chi connectivity index (χ1) is 18.2. The van der Waals surface area contributed by atoms with Crippen LogP contribution in [0.4, 0.5) is 11.4 Å². The highest BCUT2D eigenvalue weighted by molar-refractivity contribution is 5.98. The van der Waals surface area contributed by atoms with Crippen LogP contribution in [0.1, 0.15) is 42.3 Å². The first-order valence-electron chi connectivity index (χ1n) is 13.1. The predicted octanol–water partition coefficient (Wildman–Crippen LogP) is 4.88. The van der Waals surface area contributed by atoms with Crippen LogP contribution in [0.25, 0.3) is 0 Å². The van der Waals surface area contributed by atoms with E-state index in [1.807, 2.05) is 53.4 Å². The molecule has 0 radical (unpaired) electrons. The molecule has 0 unspecified atom stereocenters. The lowest BCUT2D eigenvalue weighted by Crippen LogP contribution is -2.48. The average molecular weight is 514 g/mol. The maximum atomic E-state index is 13.4. The Morgan fingerprint density at radius 3 is 2.37 bits per heavy atom. The third-order valence-electron chi connectivity index (χ3n) is 7.29. The molecular formula is C31H35N3O4. The SMILES string of the molecule is COc1ccc(N2CCN(C(=O)c3cccc(CN4C(=O)COc5ccc(C(C)(C)C)cc54)c3)CC2)cc1. The lowest BCUT2D eigenvalue weighted by Gasteiger charge is -2.36. The third kappa shape index (κ3) is 5.32. The van der Waals surface area contributed by atoms with Crippen LogP contribution >= 0.6 is 0 Å². The molecule has 2 amide bonds. The Balaban J connectivity index is 1.28. The molecule has 3 aromatic rings. The number of rotatable bonds is 5. The minimum absolute atomic E-state index is 0.0129. The highest BCUT2D eigenvalue weighted by Gasteiger charge is 2.28. The van der Waals surface area contributed by atoms with Gasteiger partial charge in [0, 0.05) is 37.4 Å². The normalized spacial score (nSPS) is 15.7. The van der Waals surface area contributed by atoms with E-state index in [-0.39, 0.29) is 23.8 Å². The molecule has 5 rings (SSSR count). The first kappa shape index (κ1) is 25.6. The van der Waals surface area contributed by atoms with Gasteiger partial charge in [-0.05, 0) is 65.1 Å². The fraction of sp³-hybridized carbons (Fsp3) is 0.355. The van der Waals surface area contributed by atoms with Crippen LogP contribution in [0.5, 0.6) is 11.5 Å². The van der Waals surface area contributed by atoms with E-state index in [9.17, 15) is 9.59 Å². The lowest BCUT2D eigenvalue weighted by atomic mass is 9.86. The van der Waals surface area contributed by atoms with Crippen molar-refractivity contribution in [3.05, 3.63) is 83.4 Å². The van der Waals surface area contributed by atoms with E-state index in [2.05, 4.69) is 43.9 Å². The van der Waals surface area contributed by atoms with Crippen molar-refractivity contribution < 1.29 is 19.1 Å². The van der Waals surface area contributed by atoms with E-state index in [1.165, 1.54) is 0 Å². The van der Waals surface area contributed by atoms with Crippen LogP contribution in [0.2, 0.25) is 0 Å². The molecule has 0 saturated carbocycles. The van der Waals surface area contributed by atoms with Crippen molar-refractivity contribution in [1.82, 2.24) is 4.90 Å². The molecule has 38 heavy (non-hydrogen) atoms. The Bertz CT molecular complexity index is 1320. The lowest BCUT2D eigenvalue weighted by molar-refractivity contribution is -0.121. The molecule has 2 heterocycles. The monoisotopic (exact) mass is 513 g/mol. The fourth-order valence-corrected chi connectivity index (χ4v) is 4.97. The molecule has 0 atom stereocenters. The number of benzene rings is 3. The number of carbonyl (C=O) groups is 2. The van der Waals surface area contributed by atoms with E-state index in [1.54, 1.807) is 12.0 Å². The minimum atomic E-state index is -0.0880. The van der Waals surface area contributed by atoms with Crippen molar-refractivity contribution in [1.29, 1.82) is 0 Å². The van der Waals surface area contributed by atoms with Crippen LogP contribution in [-0.4, -0.2) is 56.6 Å². The Morgan fingerprint density at radius 2 is 1.68 bits per heavy atom. The molecule has 0 N–H and O–H groups in total. The number of carbonyl (C=O) groups excluding carboxylic acids is 2. The van der Waals surface area contributed by atoms with Gasteiger partial charge in [0.2, 0.25) is 0 Å². The molecule has 0 bridgehead atoms. The molecule has 1 fully saturated rings. The summed E-state index contributed by atoms with van der Waals surface area (Å²) in [7, 11) is 1.66. The number of fused-ring (bicyclic) bond motifs is 1. The van der Waals surface area contributed by atoms with Crippen LogP contribution < -0.4 is 19.3 Å². The number of methoxy groups -OCH3 is 1. The van der Waals surface area contributed by atoms with Gasteiger partial charge in [-0.2, -0.15) is 0 Å². The summed E-state index contributed by atoms with van der Waals surface area (Å²) >= 11 is 0. The van der Waals surface area contributed by atoms with Gasteiger partial charge >= 0.3 is 0 Å². The number of ether oxygens (including phenoxy) is 2. The predicted molar refractivity (Wildman–Crippen MR) is 149 cm³/mol. The second-order valence-electron chi connectivity index (χ2n) is 10.9. The van der Waals surface area contributed by atoms with Crippen LogP contribution in [0.15, 0.2) is 66.7 Å². The zero-order chi connectivity index (χ0) is 26.9. The molecule has 1 saturated heterocycles. The highest BCUT2D eigenvalue weighted by Crippen LogP contribution is 2.37. The Labute approximate surface area is 224 Å². The Morgan fingerprint density at radius 1 is 0.947 bits per heavy atom. The maximum absolute atomic E-state index is 13.4. The summed E-state index contributed by atoms with van der Waals surface area (Å²) in [4.78, 5) is 32.2. The molecule has 3 aromatic carbocycles. The largest absolute Gasteiger partial charge is 0.497 e. The second-order valence-corrected chi connectivity index (χ2v) is 10.9. The van der Waals surface area contributed by atoms with E-state index < -0.39 is 0 Å². The van der Waals surface area contributed by atoms with Gasteiger partial charge in [-0.25, -0.2) is 0 Å². The summed E-state index contributed by atoms with van der Waals surface area (Å²) in [6.07, 6.45) is 0. The van der Waals surface area contributed by atoms with Gasteiger partial charge in [-0.3, -0.25) is 9.59 Å². The third-order valence-corrected chi connectivity index (χ3v) is 7.29. The minimum Gasteiger partial charge on any atom is -0.497 e. The second kappa shape index (κ2) is 10.4. The van der Waals surface area contributed by atoms with Crippen LogP contribution in [0.3, 0.4) is 0 Å². The molecule has 2 aliphatic rings. The standard InChI is InChI=1S/C31H35N3O4/c1-31(2,3)24-8-13-28-27(19-24)34(29(35)21-38-28)20-22-6-5-7-23(18-22)30(36)33-16-14-32(15-17-33)25-9-11-26(37-4)12-10-25/h5-13,18-19H,14-17,20-21H2,1-4H3. The first-order valence-corrected chi connectivity index (χ1v) is 13.1. The van der Waals surface area contributed by atoms with Gasteiger partial charge in [0.15, 0.2) is 6.61 Å².